The third-order valence-corrected chi connectivity index (χ3v) is 2.84. The van der Waals surface area contributed by atoms with Crippen LogP contribution in [0.2, 0.25) is 0 Å². The van der Waals surface area contributed by atoms with Gasteiger partial charge in [0, 0.05) is 6.04 Å². The molecule has 0 aliphatic heterocycles. The molecule has 0 aromatic heterocycles. The number of carbonyl (C=O) groups is 1. The highest BCUT2D eigenvalue weighted by molar-refractivity contribution is 5.72. The lowest BCUT2D eigenvalue weighted by Crippen LogP contribution is -2.50. The molecule has 2 atom stereocenters. The Hall–Kier alpha value is -0.570. The first-order chi connectivity index (χ1) is 5.70. The number of hydrogen-bond donors (Lipinski definition) is 1. The van der Waals surface area contributed by atoms with Crippen molar-refractivity contribution in [3.63, 3.8) is 0 Å². The molecule has 1 rings (SSSR count). The molecule has 0 spiro atoms. The van der Waals surface area contributed by atoms with Crippen molar-refractivity contribution in [1.82, 2.24) is 4.90 Å². The summed E-state index contributed by atoms with van der Waals surface area (Å²) in [6, 6.07) is 0.303. The maximum absolute atomic E-state index is 10.7. The predicted molar refractivity (Wildman–Crippen MR) is 47.1 cm³/mol. The van der Waals surface area contributed by atoms with Crippen LogP contribution in [-0.2, 0) is 4.79 Å². The molecule has 1 aliphatic rings. The fourth-order valence-electron chi connectivity index (χ4n) is 1.90. The lowest BCUT2D eigenvalue weighted by molar-refractivity contribution is -0.148. The summed E-state index contributed by atoms with van der Waals surface area (Å²) in [5.74, 6) is -0.733. The van der Waals surface area contributed by atoms with Crippen LogP contribution in [0.25, 0.3) is 0 Å². The van der Waals surface area contributed by atoms with Crippen LogP contribution in [0.15, 0.2) is 0 Å². The normalized spacial score (nSPS) is 28.6. The van der Waals surface area contributed by atoms with Crippen LogP contribution >= 0.6 is 0 Å². The maximum Gasteiger partial charge on any atom is 0.308 e. The van der Waals surface area contributed by atoms with Gasteiger partial charge in [-0.1, -0.05) is 13.8 Å². The summed E-state index contributed by atoms with van der Waals surface area (Å²) < 4.78 is 0. The Labute approximate surface area is 73.4 Å². The first-order valence-corrected chi connectivity index (χ1v) is 4.67. The third-order valence-electron chi connectivity index (χ3n) is 2.84. The van der Waals surface area contributed by atoms with Gasteiger partial charge in [-0.3, -0.25) is 4.79 Å². The summed E-state index contributed by atoms with van der Waals surface area (Å²) >= 11 is 0. The minimum Gasteiger partial charge on any atom is -0.481 e. The smallest absolute Gasteiger partial charge is 0.308 e. The quantitative estimate of drug-likeness (QED) is 0.690. The molecule has 1 fully saturated rings. The molecular formula is C9H17NO2. The van der Waals surface area contributed by atoms with E-state index >= 15 is 0 Å². The lowest BCUT2D eigenvalue weighted by atomic mass is 9.78. The summed E-state index contributed by atoms with van der Waals surface area (Å²) in [5.41, 5.74) is 0. The van der Waals surface area contributed by atoms with Gasteiger partial charge in [0.05, 0.1) is 5.92 Å². The van der Waals surface area contributed by atoms with Crippen LogP contribution in [0, 0.1) is 5.92 Å². The van der Waals surface area contributed by atoms with Gasteiger partial charge in [0.1, 0.15) is 0 Å². The van der Waals surface area contributed by atoms with Gasteiger partial charge in [0.25, 0.3) is 0 Å². The summed E-state index contributed by atoms with van der Waals surface area (Å²) in [7, 11) is 0. The molecule has 1 aliphatic carbocycles. The number of aliphatic carboxylic acids is 1. The fraction of sp³-hybridized carbons (Fsp3) is 0.889. The molecule has 2 unspecified atom stereocenters. The minimum absolute atomic E-state index is 0.107. The highest BCUT2D eigenvalue weighted by Crippen LogP contribution is 2.31. The Morgan fingerprint density at radius 2 is 2.00 bits per heavy atom. The Balaban J connectivity index is 2.46. The highest BCUT2D eigenvalue weighted by atomic mass is 16.4. The second-order valence-corrected chi connectivity index (χ2v) is 3.31. The molecule has 0 aromatic carbocycles. The standard InChI is InChI=1S/C9H17NO2/c1-3-10(4-2)8-6-5-7(8)9(11)12/h7-8H,3-6H2,1-2H3,(H,11,12). The molecule has 0 radical (unpaired) electrons. The van der Waals surface area contributed by atoms with E-state index in [9.17, 15) is 4.79 Å². The number of carboxylic acid groups (broad SMARTS) is 1. The second kappa shape index (κ2) is 3.90. The molecule has 0 bridgehead atoms. The largest absolute Gasteiger partial charge is 0.481 e. The van der Waals surface area contributed by atoms with Crippen LogP contribution < -0.4 is 0 Å². The van der Waals surface area contributed by atoms with Gasteiger partial charge in [-0.05, 0) is 25.9 Å². The van der Waals surface area contributed by atoms with Crippen molar-refractivity contribution in [3.8, 4) is 0 Å². The summed E-state index contributed by atoms with van der Waals surface area (Å²) in [6.45, 7) is 6.09. The number of nitrogens with zero attached hydrogens (tertiary/aromatic N) is 1. The van der Waals surface area contributed by atoms with Crippen molar-refractivity contribution in [3.05, 3.63) is 0 Å². The fourth-order valence-corrected chi connectivity index (χ4v) is 1.90. The van der Waals surface area contributed by atoms with Crippen molar-refractivity contribution in [2.75, 3.05) is 13.1 Å². The molecule has 0 aromatic rings. The summed E-state index contributed by atoms with van der Waals surface area (Å²) in [6.07, 6.45) is 1.91. The van der Waals surface area contributed by atoms with Crippen molar-refractivity contribution >= 4 is 5.97 Å². The first-order valence-electron chi connectivity index (χ1n) is 4.67. The monoisotopic (exact) mass is 171 g/mol. The van der Waals surface area contributed by atoms with Gasteiger partial charge in [-0.25, -0.2) is 0 Å². The van der Waals surface area contributed by atoms with Gasteiger partial charge in [-0.2, -0.15) is 0 Å². The summed E-state index contributed by atoms with van der Waals surface area (Å²) in [4.78, 5) is 12.9. The third kappa shape index (κ3) is 1.61. The van der Waals surface area contributed by atoms with E-state index in [2.05, 4.69) is 18.7 Å². The average molecular weight is 171 g/mol. The zero-order chi connectivity index (χ0) is 9.14. The molecule has 0 saturated heterocycles. The van der Waals surface area contributed by atoms with Crippen molar-refractivity contribution in [2.24, 2.45) is 5.92 Å². The molecule has 1 N–H and O–H groups in total. The van der Waals surface area contributed by atoms with Gasteiger partial charge in [-0.15, -0.1) is 0 Å². The first kappa shape index (κ1) is 9.52. The Bertz CT molecular complexity index is 166. The SMILES string of the molecule is CCN(CC)C1CCC1C(=O)O. The average Bonchev–Trinajstić information content (AvgIpc) is 1.96. The van der Waals surface area contributed by atoms with Gasteiger partial charge >= 0.3 is 5.97 Å². The number of hydrogen-bond acceptors (Lipinski definition) is 2. The molecule has 70 valence electrons. The predicted octanol–water partition coefficient (Wildman–Crippen LogP) is 1.19. The van der Waals surface area contributed by atoms with Crippen molar-refractivity contribution < 1.29 is 9.90 Å². The van der Waals surface area contributed by atoms with Crippen molar-refractivity contribution in [2.45, 2.75) is 32.7 Å². The van der Waals surface area contributed by atoms with Crippen LogP contribution in [0.1, 0.15) is 26.7 Å². The van der Waals surface area contributed by atoms with E-state index in [1.807, 2.05) is 0 Å². The molecule has 3 heteroatoms. The number of rotatable bonds is 4. The topological polar surface area (TPSA) is 40.5 Å². The molecule has 12 heavy (non-hydrogen) atoms. The second-order valence-electron chi connectivity index (χ2n) is 3.31. The van der Waals surface area contributed by atoms with Crippen LogP contribution in [0.4, 0.5) is 0 Å². The lowest BCUT2D eigenvalue weighted by Gasteiger charge is -2.41. The van der Waals surface area contributed by atoms with E-state index in [4.69, 9.17) is 5.11 Å². The summed E-state index contributed by atoms with van der Waals surface area (Å²) in [5, 5.41) is 8.82. The molecule has 0 heterocycles. The molecular weight excluding hydrogens is 154 g/mol. The molecule has 3 nitrogen and oxygen atoms in total. The maximum atomic E-state index is 10.7. The van der Waals surface area contributed by atoms with Gasteiger partial charge in [0.15, 0.2) is 0 Å². The Morgan fingerprint density at radius 1 is 1.42 bits per heavy atom. The van der Waals surface area contributed by atoms with Gasteiger partial charge < -0.3 is 10.0 Å². The van der Waals surface area contributed by atoms with E-state index < -0.39 is 5.97 Å². The zero-order valence-electron chi connectivity index (χ0n) is 7.79. The van der Waals surface area contributed by atoms with Crippen LogP contribution in [-0.4, -0.2) is 35.1 Å². The van der Waals surface area contributed by atoms with E-state index in [0.717, 1.165) is 25.9 Å². The van der Waals surface area contributed by atoms with E-state index in [-0.39, 0.29) is 5.92 Å². The van der Waals surface area contributed by atoms with Gasteiger partial charge in [0.2, 0.25) is 0 Å². The Morgan fingerprint density at radius 3 is 2.25 bits per heavy atom. The van der Waals surface area contributed by atoms with Crippen LogP contribution in [0.5, 0.6) is 0 Å². The highest BCUT2D eigenvalue weighted by Gasteiger charge is 2.39. The van der Waals surface area contributed by atoms with E-state index in [0.29, 0.717) is 6.04 Å². The zero-order valence-corrected chi connectivity index (χ0v) is 7.79. The number of carboxylic acids is 1. The molecule has 0 amide bonds. The minimum atomic E-state index is -0.627. The van der Waals surface area contributed by atoms with E-state index in [1.54, 1.807) is 0 Å². The Kier molecular flexibility index (Phi) is 3.09. The van der Waals surface area contributed by atoms with Crippen LogP contribution in [0.3, 0.4) is 0 Å². The van der Waals surface area contributed by atoms with Crippen molar-refractivity contribution in [1.29, 1.82) is 0 Å². The van der Waals surface area contributed by atoms with E-state index in [1.165, 1.54) is 0 Å². The molecule has 1 saturated carbocycles.